The Morgan fingerprint density at radius 2 is 1.76 bits per heavy atom. The molecule has 0 atom stereocenters. The molecule has 2 aromatic rings. The topological polar surface area (TPSA) is 76.6 Å². The highest BCUT2D eigenvalue weighted by atomic mass is 19.4. The van der Waals surface area contributed by atoms with E-state index in [0.29, 0.717) is 42.5 Å². The summed E-state index contributed by atoms with van der Waals surface area (Å²) in [4.78, 5) is 13.3. The molecule has 7 nitrogen and oxygen atoms in total. The molecule has 0 spiro atoms. The first-order chi connectivity index (χ1) is 16.2. The number of aryl methyl sites for hydroxylation is 1. The second kappa shape index (κ2) is 10.4. The van der Waals surface area contributed by atoms with Crippen LogP contribution in [0.2, 0.25) is 0 Å². The largest absolute Gasteiger partial charge is 0.416 e. The zero-order valence-corrected chi connectivity index (χ0v) is 19.7. The van der Waals surface area contributed by atoms with Crippen LogP contribution in [0.5, 0.6) is 0 Å². The summed E-state index contributed by atoms with van der Waals surface area (Å²) in [7, 11) is 2.01. The molecule has 0 amide bonds. The molecule has 0 unspecified atom stereocenters. The Morgan fingerprint density at radius 3 is 2.41 bits per heavy atom. The van der Waals surface area contributed by atoms with Gasteiger partial charge in [-0.3, -0.25) is 4.98 Å². The number of benzene rings is 1. The molecule has 34 heavy (non-hydrogen) atoms. The number of halogens is 3. The van der Waals surface area contributed by atoms with Gasteiger partial charge < -0.3 is 25.5 Å². The zero-order valence-electron chi connectivity index (χ0n) is 19.7. The number of hydrogen-bond acceptors (Lipinski definition) is 7. The number of aromatic nitrogens is 2. The number of nitrogens with zero attached hydrogens (tertiary/aromatic N) is 4. The average molecular weight is 479 g/mol. The van der Waals surface area contributed by atoms with Crippen molar-refractivity contribution in [3.63, 3.8) is 0 Å². The first kappa shape index (κ1) is 24.5. The molecule has 1 saturated carbocycles. The van der Waals surface area contributed by atoms with Crippen molar-refractivity contribution in [2.75, 3.05) is 48.8 Å². The van der Waals surface area contributed by atoms with Crippen molar-refractivity contribution in [1.29, 1.82) is 0 Å². The van der Waals surface area contributed by atoms with Crippen molar-refractivity contribution in [3.8, 4) is 0 Å². The van der Waals surface area contributed by atoms with Gasteiger partial charge in [0.05, 0.1) is 23.6 Å². The Labute approximate surface area is 198 Å². The van der Waals surface area contributed by atoms with E-state index >= 15 is 0 Å². The predicted octanol–water partition coefficient (Wildman–Crippen LogP) is 4.27. The van der Waals surface area contributed by atoms with E-state index < -0.39 is 11.7 Å². The highest BCUT2D eigenvalue weighted by Crippen LogP contribution is 2.35. The van der Waals surface area contributed by atoms with Crippen molar-refractivity contribution >= 4 is 23.0 Å². The second-order valence-corrected chi connectivity index (χ2v) is 9.24. The van der Waals surface area contributed by atoms with Gasteiger partial charge in [-0.1, -0.05) is 6.92 Å². The summed E-state index contributed by atoms with van der Waals surface area (Å²) >= 11 is 0. The van der Waals surface area contributed by atoms with E-state index in [0.717, 1.165) is 50.5 Å². The van der Waals surface area contributed by atoms with Gasteiger partial charge in [0, 0.05) is 43.6 Å². The first-order valence-corrected chi connectivity index (χ1v) is 11.9. The molecule has 3 N–H and O–H groups in total. The van der Waals surface area contributed by atoms with Crippen molar-refractivity contribution in [2.24, 2.45) is 0 Å². The summed E-state index contributed by atoms with van der Waals surface area (Å²) in [5.41, 5.74) is 0.985. The van der Waals surface area contributed by atoms with E-state index in [2.05, 4.69) is 25.5 Å². The summed E-state index contributed by atoms with van der Waals surface area (Å²) in [5.74, 6) is 1.03. The number of aliphatic hydroxyl groups is 1. The van der Waals surface area contributed by atoms with E-state index in [-0.39, 0.29) is 12.1 Å². The van der Waals surface area contributed by atoms with Gasteiger partial charge in [-0.05, 0) is 57.4 Å². The predicted molar refractivity (Wildman–Crippen MR) is 128 cm³/mol. The highest BCUT2D eigenvalue weighted by molar-refractivity contribution is 5.66. The molecule has 2 fully saturated rings. The molecule has 0 bridgehead atoms. The molecule has 1 saturated heterocycles. The van der Waals surface area contributed by atoms with Crippen molar-refractivity contribution < 1.29 is 18.3 Å². The summed E-state index contributed by atoms with van der Waals surface area (Å²) in [5, 5.41) is 16.2. The Hall–Kier alpha value is -2.59. The van der Waals surface area contributed by atoms with Gasteiger partial charge in [-0.2, -0.15) is 13.2 Å². The van der Waals surface area contributed by atoms with Crippen LogP contribution in [-0.2, 0) is 12.6 Å². The SMILES string of the molecule is CCc1ncc(Nc2cc(N3CCN(C)CC3)cc(C(F)(F)F)c2)nc1N[C@H]1CC[C@H](O)CC1. The lowest BCUT2D eigenvalue weighted by Crippen LogP contribution is -2.44. The molecule has 0 radical (unpaired) electrons. The third-order valence-corrected chi connectivity index (χ3v) is 6.61. The van der Waals surface area contributed by atoms with Gasteiger partial charge in [0.1, 0.15) is 5.82 Å². The molecule has 1 aliphatic carbocycles. The van der Waals surface area contributed by atoms with Crippen LogP contribution in [0.1, 0.15) is 43.9 Å². The number of aliphatic hydroxyl groups excluding tert-OH is 1. The molecule has 1 aliphatic heterocycles. The monoisotopic (exact) mass is 478 g/mol. The van der Waals surface area contributed by atoms with E-state index in [4.69, 9.17) is 0 Å². The Balaban J connectivity index is 1.57. The van der Waals surface area contributed by atoms with E-state index in [9.17, 15) is 18.3 Å². The minimum atomic E-state index is -4.45. The maximum Gasteiger partial charge on any atom is 0.416 e. The summed E-state index contributed by atoms with van der Waals surface area (Å²) < 4.78 is 41.0. The molecule has 10 heteroatoms. The molecule has 186 valence electrons. The third kappa shape index (κ3) is 6.09. The Morgan fingerprint density at radius 1 is 1.06 bits per heavy atom. The van der Waals surface area contributed by atoms with E-state index in [1.165, 1.54) is 6.07 Å². The molecule has 2 aliphatic rings. The second-order valence-electron chi connectivity index (χ2n) is 9.24. The van der Waals surface area contributed by atoms with Crippen molar-refractivity contribution in [2.45, 2.75) is 57.3 Å². The number of piperazine rings is 1. The summed E-state index contributed by atoms with van der Waals surface area (Å²) in [6.45, 7) is 4.94. The lowest BCUT2D eigenvalue weighted by Gasteiger charge is -2.34. The highest BCUT2D eigenvalue weighted by Gasteiger charge is 2.32. The van der Waals surface area contributed by atoms with Crippen LogP contribution < -0.4 is 15.5 Å². The van der Waals surface area contributed by atoms with Crippen molar-refractivity contribution in [3.05, 3.63) is 35.7 Å². The quantitative estimate of drug-likeness (QED) is 0.573. The standard InChI is InChI=1S/C24H33F3N6O/c1-3-21-23(30-17-4-6-20(34)7-5-17)31-22(15-28-21)29-18-12-16(24(25,26)27)13-19(14-18)33-10-8-32(2)9-11-33/h12-15,17,20,34H,3-11H2,1-2H3,(H2,29,30,31)/t17-,20-. The van der Waals surface area contributed by atoms with Gasteiger partial charge in [0.25, 0.3) is 0 Å². The third-order valence-electron chi connectivity index (χ3n) is 6.61. The summed E-state index contributed by atoms with van der Waals surface area (Å²) in [6, 6.07) is 4.26. The number of anilines is 4. The Kier molecular flexibility index (Phi) is 7.47. The molecular formula is C24H33F3N6O. The number of alkyl halides is 3. The molecular weight excluding hydrogens is 445 g/mol. The van der Waals surface area contributed by atoms with Crippen LogP contribution in [0, 0.1) is 0 Å². The zero-order chi connectivity index (χ0) is 24.3. The van der Waals surface area contributed by atoms with Crippen LogP contribution in [-0.4, -0.2) is 65.3 Å². The maximum atomic E-state index is 13.7. The normalized spacial score (nSPS) is 22.0. The molecule has 1 aromatic carbocycles. The van der Waals surface area contributed by atoms with Crippen LogP contribution in [0.15, 0.2) is 24.4 Å². The fourth-order valence-corrected chi connectivity index (χ4v) is 4.50. The number of hydrogen-bond donors (Lipinski definition) is 3. The number of rotatable bonds is 6. The van der Waals surface area contributed by atoms with E-state index in [1.807, 2.05) is 18.9 Å². The van der Waals surface area contributed by atoms with Crippen LogP contribution >= 0.6 is 0 Å². The van der Waals surface area contributed by atoms with Gasteiger partial charge in [0.15, 0.2) is 5.82 Å². The lowest BCUT2D eigenvalue weighted by atomic mass is 9.93. The van der Waals surface area contributed by atoms with Crippen LogP contribution in [0.3, 0.4) is 0 Å². The van der Waals surface area contributed by atoms with Gasteiger partial charge >= 0.3 is 6.18 Å². The van der Waals surface area contributed by atoms with Crippen molar-refractivity contribution in [1.82, 2.24) is 14.9 Å². The number of nitrogens with one attached hydrogen (secondary N) is 2. The minimum Gasteiger partial charge on any atom is -0.393 e. The molecule has 4 rings (SSSR count). The fourth-order valence-electron chi connectivity index (χ4n) is 4.50. The minimum absolute atomic E-state index is 0.190. The maximum absolute atomic E-state index is 13.7. The van der Waals surface area contributed by atoms with Crippen LogP contribution in [0.4, 0.5) is 36.2 Å². The van der Waals surface area contributed by atoms with Gasteiger partial charge in [0.2, 0.25) is 0 Å². The summed E-state index contributed by atoms with van der Waals surface area (Å²) in [6.07, 6.45) is 0.699. The molecule has 1 aromatic heterocycles. The Bertz CT molecular complexity index is 970. The average Bonchev–Trinajstić information content (AvgIpc) is 2.80. The fraction of sp³-hybridized carbons (Fsp3) is 0.583. The van der Waals surface area contributed by atoms with Gasteiger partial charge in [-0.25, -0.2) is 4.98 Å². The van der Waals surface area contributed by atoms with E-state index in [1.54, 1.807) is 12.3 Å². The molecule has 2 heterocycles. The van der Waals surface area contributed by atoms with Crippen LogP contribution in [0.25, 0.3) is 0 Å². The smallest absolute Gasteiger partial charge is 0.393 e. The van der Waals surface area contributed by atoms with Gasteiger partial charge in [-0.15, -0.1) is 0 Å². The number of likely N-dealkylation sites (N-methyl/N-ethyl adjacent to an activating group) is 1. The first-order valence-electron chi connectivity index (χ1n) is 11.9. The lowest BCUT2D eigenvalue weighted by molar-refractivity contribution is -0.137.